The molecule has 3 aromatic rings. The fourth-order valence-electron chi connectivity index (χ4n) is 4.46. The van der Waals surface area contributed by atoms with Crippen LogP contribution < -0.4 is 10.6 Å². The van der Waals surface area contributed by atoms with Gasteiger partial charge in [-0.3, -0.25) is 14.4 Å². The summed E-state index contributed by atoms with van der Waals surface area (Å²) in [6.45, 7) is 9.19. The number of benzene rings is 3. The Morgan fingerprint density at radius 3 is 2.35 bits per heavy atom. The molecule has 5 nitrogen and oxygen atoms in total. The first-order valence-electron chi connectivity index (χ1n) is 14.6. The van der Waals surface area contributed by atoms with E-state index in [0.717, 1.165) is 36.8 Å². The Bertz CT molecular complexity index is 1600. The third kappa shape index (κ3) is 9.65. The lowest BCUT2D eigenvalue weighted by Gasteiger charge is -2.19. The lowest BCUT2D eigenvalue weighted by molar-refractivity contribution is -0.137. The summed E-state index contributed by atoms with van der Waals surface area (Å²) in [6, 6.07) is 22.8. The second-order valence-electron chi connectivity index (χ2n) is 10.2. The highest BCUT2D eigenvalue weighted by atomic mass is 19.1. The van der Waals surface area contributed by atoms with Gasteiger partial charge in [-0.25, -0.2) is 4.39 Å². The van der Waals surface area contributed by atoms with Crippen molar-refractivity contribution < 1.29 is 18.8 Å². The maximum absolute atomic E-state index is 13.2. The number of amides is 2. The van der Waals surface area contributed by atoms with Gasteiger partial charge in [-0.1, -0.05) is 99.9 Å². The molecule has 1 fully saturated rings. The van der Waals surface area contributed by atoms with Crippen molar-refractivity contribution in [3.05, 3.63) is 120 Å². The summed E-state index contributed by atoms with van der Waals surface area (Å²) >= 11 is 0. The second kappa shape index (κ2) is 16.0. The zero-order chi connectivity index (χ0) is 31.2. The summed E-state index contributed by atoms with van der Waals surface area (Å²) in [5.41, 5.74) is 3.22. The van der Waals surface area contributed by atoms with Crippen LogP contribution in [0.15, 0.2) is 103 Å². The predicted octanol–water partition coefficient (Wildman–Crippen LogP) is 7.28. The van der Waals surface area contributed by atoms with E-state index in [2.05, 4.69) is 78.4 Å². The molecular formula is C37H39FN2O3. The summed E-state index contributed by atoms with van der Waals surface area (Å²) in [4.78, 5) is 34.8. The largest absolute Gasteiger partial charge is 0.343 e. The standard InChI is InChI=1S/C22H21NO.C15H18FNO2/c1-2-16-7-5-6-10-20(16)21(24)23-22(13-14-22)19-12-11-17-8-3-4-9-18(17)15-19;1-4-6-9-13(16)11-12(3)8-7-10-17-15(19)14(18)5-2/h3-12,15H,2,13-14H2,1H3,(H,23,24);6,9,11H,3-5,10H2,1-2H3,(H,17,19)/b;9-6-,13-11+. The summed E-state index contributed by atoms with van der Waals surface area (Å²) in [7, 11) is 0. The molecule has 0 aliphatic heterocycles. The molecule has 43 heavy (non-hydrogen) atoms. The van der Waals surface area contributed by atoms with Crippen LogP contribution in [0.1, 0.15) is 67.9 Å². The molecule has 1 aliphatic rings. The fraction of sp³-hybridized carbons (Fsp3) is 0.270. The monoisotopic (exact) mass is 578 g/mol. The number of allylic oxidation sites excluding steroid dienone is 5. The molecule has 0 saturated heterocycles. The number of nitrogens with one attached hydrogen (secondary N) is 2. The first kappa shape index (κ1) is 32.8. The van der Waals surface area contributed by atoms with Crippen molar-refractivity contribution in [1.82, 2.24) is 10.6 Å². The van der Waals surface area contributed by atoms with E-state index in [4.69, 9.17) is 0 Å². The van der Waals surface area contributed by atoms with Crippen molar-refractivity contribution in [3.63, 3.8) is 0 Å². The van der Waals surface area contributed by atoms with Gasteiger partial charge >= 0.3 is 0 Å². The van der Waals surface area contributed by atoms with E-state index >= 15 is 0 Å². The lowest BCUT2D eigenvalue weighted by Crippen LogP contribution is -2.35. The number of hydrogen-bond donors (Lipinski definition) is 2. The molecule has 0 unspecified atom stereocenters. The van der Waals surface area contributed by atoms with Gasteiger partial charge in [0.25, 0.3) is 11.8 Å². The second-order valence-corrected chi connectivity index (χ2v) is 10.2. The van der Waals surface area contributed by atoms with Crippen LogP contribution >= 0.6 is 0 Å². The van der Waals surface area contributed by atoms with Gasteiger partial charge in [0, 0.05) is 17.6 Å². The summed E-state index contributed by atoms with van der Waals surface area (Å²) in [5.74, 6) is 3.64. The molecule has 2 N–H and O–H groups in total. The SMILES string of the molecule is C=C(C#CCNC(=O)C(=O)CC)/C=C(F)\C=C/CC.CCc1ccccc1C(=O)NC1(c2ccc3ccccc3c2)CC1. The maximum atomic E-state index is 13.2. The molecule has 0 radical (unpaired) electrons. The highest BCUT2D eigenvalue weighted by Crippen LogP contribution is 2.46. The average Bonchev–Trinajstić information content (AvgIpc) is 3.81. The minimum atomic E-state index is -0.657. The molecule has 4 rings (SSSR count). The molecule has 1 aliphatic carbocycles. The smallest absolute Gasteiger partial charge is 0.288 e. The summed E-state index contributed by atoms with van der Waals surface area (Å²) in [6.07, 6.45) is 8.01. The third-order valence-corrected chi connectivity index (χ3v) is 7.03. The molecule has 222 valence electrons. The van der Waals surface area contributed by atoms with E-state index in [1.54, 1.807) is 13.0 Å². The van der Waals surface area contributed by atoms with Gasteiger partial charge in [0.2, 0.25) is 5.78 Å². The van der Waals surface area contributed by atoms with Crippen LogP contribution in [-0.4, -0.2) is 24.1 Å². The molecule has 0 bridgehead atoms. The normalized spacial score (nSPS) is 13.3. The number of ketones is 1. The van der Waals surface area contributed by atoms with Crippen LogP contribution in [0.25, 0.3) is 10.8 Å². The number of carbonyl (C=O) groups excluding carboxylic acids is 3. The fourth-order valence-corrected chi connectivity index (χ4v) is 4.46. The number of halogens is 1. The first-order valence-corrected chi connectivity index (χ1v) is 14.6. The highest BCUT2D eigenvalue weighted by Gasteiger charge is 2.45. The van der Waals surface area contributed by atoms with Crippen molar-refractivity contribution in [2.45, 2.75) is 58.4 Å². The van der Waals surface area contributed by atoms with Crippen LogP contribution in [0.3, 0.4) is 0 Å². The summed E-state index contributed by atoms with van der Waals surface area (Å²) < 4.78 is 13.2. The van der Waals surface area contributed by atoms with Gasteiger partial charge in [0.1, 0.15) is 5.83 Å². The minimum Gasteiger partial charge on any atom is -0.343 e. The van der Waals surface area contributed by atoms with Crippen LogP contribution in [0.2, 0.25) is 0 Å². The van der Waals surface area contributed by atoms with Crippen molar-refractivity contribution in [3.8, 4) is 11.8 Å². The van der Waals surface area contributed by atoms with E-state index in [-0.39, 0.29) is 24.4 Å². The van der Waals surface area contributed by atoms with Crippen molar-refractivity contribution in [2.24, 2.45) is 0 Å². The highest BCUT2D eigenvalue weighted by molar-refractivity contribution is 6.36. The van der Waals surface area contributed by atoms with E-state index in [9.17, 15) is 18.8 Å². The van der Waals surface area contributed by atoms with Gasteiger partial charge in [0.05, 0.1) is 12.1 Å². The zero-order valence-electron chi connectivity index (χ0n) is 25.1. The van der Waals surface area contributed by atoms with Gasteiger partial charge < -0.3 is 10.6 Å². The first-order chi connectivity index (χ1) is 20.7. The van der Waals surface area contributed by atoms with E-state index in [1.807, 2.05) is 31.2 Å². The van der Waals surface area contributed by atoms with Crippen molar-refractivity contribution in [1.29, 1.82) is 0 Å². The Morgan fingerprint density at radius 2 is 1.67 bits per heavy atom. The number of aryl methyl sites for hydroxylation is 1. The van der Waals surface area contributed by atoms with E-state index in [1.165, 1.54) is 28.5 Å². The molecule has 0 heterocycles. The number of hydrogen-bond acceptors (Lipinski definition) is 3. The molecular weight excluding hydrogens is 539 g/mol. The van der Waals surface area contributed by atoms with E-state index < -0.39 is 17.5 Å². The lowest BCUT2D eigenvalue weighted by atomic mass is 9.99. The Labute approximate surface area is 254 Å². The molecule has 0 atom stereocenters. The number of rotatable bonds is 10. The Hall–Kier alpha value is -4.76. The molecule has 2 amide bonds. The molecule has 6 heteroatoms. The molecule has 3 aromatic carbocycles. The average molecular weight is 579 g/mol. The third-order valence-electron chi connectivity index (χ3n) is 7.03. The van der Waals surface area contributed by atoms with Crippen molar-refractivity contribution in [2.75, 3.05) is 6.54 Å². The van der Waals surface area contributed by atoms with Gasteiger partial charge in [-0.2, -0.15) is 0 Å². The number of Topliss-reactive ketones (excluding diaryl/α,β-unsaturated/α-hetero) is 1. The zero-order valence-corrected chi connectivity index (χ0v) is 25.1. The van der Waals surface area contributed by atoms with Crippen LogP contribution in [0.4, 0.5) is 4.39 Å². The van der Waals surface area contributed by atoms with Gasteiger partial charge in [-0.15, -0.1) is 0 Å². The van der Waals surface area contributed by atoms with Gasteiger partial charge in [-0.05, 0) is 71.9 Å². The molecule has 0 spiro atoms. The topological polar surface area (TPSA) is 75.3 Å². The predicted molar refractivity (Wildman–Crippen MR) is 172 cm³/mol. The Kier molecular flexibility index (Phi) is 12.2. The van der Waals surface area contributed by atoms with Crippen molar-refractivity contribution >= 4 is 28.4 Å². The number of carbonyl (C=O) groups is 3. The van der Waals surface area contributed by atoms with Crippen LogP contribution in [0, 0.1) is 11.8 Å². The quantitative estimate of drug-likeness (QED) is 0.151. The van der Waals surface area contributed by atoms with E-state index in [0.29, 0.717) is 5.57 Å². The minimum absolute atomic E-state index is 0.0316. The van der Waals surface area contributed by atoms with Crippen LogP contribution in [-0.2, 0) is 21.5 Å². The maximum Gasteiger partial charge on any atom is 0.288 e. The summed E-state index contributed by atoms with van der Waals surface area (Å²) in [5, 5.41) is 8.11. The van der Waals surface area contributed by atoms with Crippen LogP contribution in [0.5, 0.6) is 0 Å². The molecule has 0 aromatic heterocycles. The molecule has 1 saturated carbocycles. The number of fused-ring (bicyclic) bond motifs is 1. The Balaban J connectivity index is 0.000000244. The Morgan fingerprint density at radius 1 is 0.977 bits per heavy atom. The van der Waals surface area contributed by atoms with Gasteiger partial charge in [0.15, 0.2) is 0 Å².